The van der Waals surface area contributed by atoms with E-state index in [0.717, 1.165) is 25.0 Å². The maximum absolute atomic E-state index is 5.72. The van der Waals surface area contributed by atoms with Crippen LogP contribution in [0.5, 0.6) is 0 Å². The number of hydrogen-bond donors (Lipinski definition) is 1. The molecule has 1 heterocycles. The topological polar surface area (TPSA) is 21.3 Å². The molecule has 1 aliphatic heterocycles. The predicted octanol–water partition coefficient (Wildman–Crippen LogP) is 2.19. The third-order valence-electron chi connectivity index (χ3n) is 3.71. The van der Waals surface area contributed by atoms with E-state index in [4.69, 9.17) is 4.74 Å². The van der Waals surface area contributed by atoms with Crippen molar-refractivity contribution in [2.24, 2.45) is 11.8 Å². The smallest absolute Gasteiger partial charge is 0.0494 e. The Bertz CT molecular complexity index is 150. The van der Waals surface area contributed by atoms with Gasteiger partial charge in [0.25, 0.3) is 0 Å². The maximum atomic E-state index is 5.72. The average molecular weight is 197 g/mol. The molecule has 82 valence electrons. The minimum absolute atomic E-state index is 0.906. The van der Waals surface area contributed by atoms with Crippen LogP contribution in [0.15, 0.2) is 0 Å². The summed E-state index contributed by atoms with van der Waals surface area (Å²) >= 11 is 0. The molecule has 2 fully saturated rings. The van der Waals surface area contributed by atoms with Crippen molar-refractivity contribution < 1.29 is 4.74 Å². The maximum Gasteiger partial charge on any atom is 0.0494 e. The van der Waals surface area contributed by atoms with Crippen molar-refractivity contribution in [1.82, 2.24) is 5.32 Å². The summed E-state index contributed by atoms with van der Waals surface area (Å²) in [6, 6.07) is 0. The van der Waals surface area contributed by atoms with E-state index in [1.54, 1.807) is 0 Å². The molecule has 2 nitrogen and oxygen atoms in total. The summed E-state index contributed by atoms with van der Waals surface area (Å²) in [4.78, 5) is 0. The Morgan fingerprint density at radius 2 is 1.79 bits per heavy atom. The second-order valence-corrected chi connectivity index (χ2v) is 4.85. The number of piperidine rings is 1. The molecule has 0 spiro atoms. The fourth-order valence-electron chi connectivity index (χ4n) is 2.33. The van der Waals surface area contributed by atoms with Gasteiger partial charge >= 0.3 is 0 Å². The molecule has 1 saturated carbocycles. The highest BCUT2D eigenvalue weighted by Gasteiger charge is 2.17. The van der Waals surface area contributed by atoms with Crippen molar-refractivity contribution in [2.45, 2.75) is 38.5 Å². The molecule has 14 heavy (non-hydrogen) atoms. The van der Waals surface area contributed by atoms with Crippen molar-refractivity contribution in [2.75, 3.05) is 26.3 Å². The lowest BCUT2D eigenvalue weighted by Crippen LogP contribution is -2.28. The molecule has 0 radical (unpaired) electrons. The summed E-state index contributed by atoms with van der Waals surface area (Å²) in [5.41, 5.74) is 0. The van der Waals surface area contributed by atoms with E-state index >= 15 is 0 Å². The Balaban J connectivity index is 1.45. The lowest BCUT2D eigenvalue weighted by molar-refractivity contribution is 0.0598. The number of rotatable bonds is 5. The first-order valence-electron chi connectivity index (χ1n) is 6.23. The summed E-state index contributed by atoms with van der Waals surface area (Å²) in [5, 5.41) is 3.40. The first-order chi connectivity index (χ1) is 6.95. The van der Waals surface area contributed by atoms with Crippen LogP contribution in [0.3, 0.4) is 0 Å². The standard InChI is InChI=1S/C12H23NO/c1-2-12(3-1)10-14-9-6-11-4-7-13-8-5-11/h11-13H,1-10H2. The van der Waals surface area contributed by atoms with E-state index in [2.05, 4.69) is 5.32 Å². The molecule has 0 aromatic heterocycles. The van der Waals surface area contributed by atoms with Gasteiger partial charge in [-0.15, -0.1) is 0 Å². The molecule has 0 aromatic carbocycles. The van der Waals surface area contributed by atoms with Crippen LogP contribution in [-0.2, 0) is 4.74 Å². The number of hydrogen-bond acceptors (Lipinski definition) is 2. The van der Waals surface area contributed by atoms with E-state index in [1.807, 2.05) is 0 Å². The van der Waals surface area contributed by atoms with Gasteiger partial charge < -0.3 is 10.1 Å². The summed E-state index contributed by atoms with van der Waals surface area (Å²) in [6.07, 6.45) is 8.25. The van der Waals surface area contributed by atoms with Crippen molar-refractivity contribution >= 4 is 0 Å². The molecule has 1 N–H and O–H groups in total. The SMILES string of the molecule is C1CC(COCCC2CCNCC2)C1. The van der Waals surface area contributed by atoms with E-state index in [9.17, 15) is 0 Å². The summed E-state index contributed by atoms with van der Waals surface area (Å²) in [5.74, 6) is 1.83. The van der Waals surface area contributed by atoms with Crippen molar-refractivity contribution in [3.63, 3.8) is 0 Å². The molecule has 0 aromatic rings. The summed E-state index contributed by atoms with van der Waals surface area (Å²) < 4.78 is 5.72. The van der Waals surface area contributed by atoms with Crippen molar-refractivity contribution in [3.8, 4) is 0 Å². The van der Waals surface area contributed by atoms with Crippen LogP contribution in [0.4, 0.5) is 0 Å². The second kappa shape index (κ2) is 5.72. The van der Waals surface area contributed by atoms with Gasteiger partial charge in [-0.1, -0.05) is 6.42 Å². The van der Waals surface area contributed by atoms with Gasteiger partial charge in [0.15, 0.2) is 0 Å². The van der Waals surface area contributed by atoms with Crippen LogP contribution >= 0.6 is 0 Å². The zero-order chi connectivity index (χ0) is 9.64. The quantitative estimate of drug-likeness (QED) is 0.682. The van der Waals surface area contributed by atoms with E-state index in [-0.39, 0.29) is 0 Å². The van der Waals surface area contributed by atoms with Gasteiger partial charge in [0.2, 0.25) is 0 Å². The minimum Gasteiger partial charge on any atom is -0.381 e. The Labute approximate surface area is 87.4 Å². The molecular weight excluding hydrogens is 174 g/mol. The van der Waals surface area contributed by atoms with Gasteiger partial charge in [0.05, 0.1) is 0 Å². The molecule has 1 saturated heterocycles. The van der Waals surface area contributed by atoms with Crippen molar-refractivity contribution in [3.05, 3.63) is 0 Å². The number of ether oxygens (including phenoxy) is 1. The molecule has 0 amide bonds. The molecule has 1 aliphatic carbocycles. The highest BCUT2D eigenvalue weighted by molar-refractivity contribution is 4.70. The fraction of sp³-hybridized carbons (Fsp3) is 1.00. The molecular formula is C12H23NO. The van der Waals surface area contributed by atoms with E-state index < -0.39 is 0 Å². The highest BCUT2D eigenvalue weighted by Crippen LogP contribution is 2.26. The van der Waals surface area contributed by atoms with Gasteiger partial charge in [-0.25, -0.2) is 0 Å². The normalized spacial score (nSPS) is 24.9. The Hall–Kier alpha value is -0.0800. The van der Waals surface area contributed by atoms with Crippen LogP contribution in [0.1, 0.15) is 38.5 Å². The largest absolute Gasteiger partial charge is 0.381 e. The van der Waals surface area contributed by atoms with Crippen LogP contribution in [0, 0.1) is 11.8 Å². The van der Waals surface area contributed by atoms with Crippen LogP contribution in [-0.4, -0.2) is 26.3 Å². The highest BCUT2D eigenvalue weighted by atomic mass is 16.5. The van der Waals surface area contributed by atoms with Gasteiger partial charge in [0, 0.05) is 13.2 Å². The van der Waals surface area contributed by atoms with Crippen LogP contribution < -0.4 is 5.32 Å². The molecule has 0 unspecified atom stereocenters. The third kappa shape index (κ3) is 3.25. The Morgan fingerprint density at radius 1 is 1.00 bits per heavy atom. The van der Waals surface area contributed by atoms with Gasteiger partial charge in [0.1, 0.15) is 0 Å². The monoisotopic (exact) mass is 197 g/mol. The molecule has 2 aliphatic rings. The van der Waals surface area contributed by atoms with E-state index in [1.165, 1.54) is 51.6 Å². The Morgan fingerprint density at radius 3 is 2.43 bits per heavy atom. The third-order valence-corrected chi connectivity index (χ3v) is 3.71. The Kier molecular flexibility index (Phi) is 4.26. The number of nitrogens with one attached hydrogen (secondary N) is 1. The van der Waals surface area contributed by atoms with Gasteiger partial charge in [-0.3, -0.25) is 0 Å². The fourth-order valence-corrected chi connectivity index (χ4v) is 2.33. The molecule has 0 atom stereocenters. The van der Waals surface area contributed by atoms with Crippen LogP contribution in [0.2, 0.25) is 0 Å². The average Bonchev–Trinajstić information content (AvgIpc) is 2.16. The zero-order valence-corrected chi connectivity index (χ0v) is 9.13. The zero-order valence-electron chi connectivity index (χ0n) is 9.13. The lowest BCUT2D eigenvalue weighted by Gasteiger charge is -2.26. The molecule has 2 heteroatoms. The summed E-state index contributed by atoms with van der Waals surface area (Å²) in [6.45, 7) is 4.46. The summed E-state index contributed by atoms with van der Waals surface area (Å²) in [7, 11) is 0. The first kappa shape index (κ1) is 10.4. The first-order valence-corrected chi connectivity index (χ1v) is 6.23. The van der Waals surface area contributed by atoms with E-state index in [0.29, 0.717) is 0 Å². The predicted molar refractivity (Wildman–Crippen MR) is 58.4 cm³/mol. The second-order valence-electron chi connectivity index (χ2n) is 4.85. The van der Waals surface area contributed by atoms with Crippen LogP contribution in [0.25, 0.3) is 0 Å². The van der Waals surface area contributed by atoms with Crippen molar-refractivity contribution in [1.29, 1.82) is 0 Å². The minimum atomic E-state index is 0.906. The molecule has 0 bridgehead atoms. The lowest BCUT2D eigenvalue weighted by atomic mass is 9.86. The van der Waals surface area contributed by atoms with Gasteiger partial charge in [-0.2, -0.15) is 0 Å². The molecule has 2 rings (SSSR count). The van der Waals surface area contributed by atoms with Gasteiger partial charge in [-0.05, 0) is 57.0 Å².